The Balaban J connectivity index is 2.06. The molecule has 1 aromatic heterocycles. The molecule has 1 heterocycles. The van der Waals surface area contributed by atoms with Crippen molar-refractivity contribution in [3.8, 4) is 11.5 Å². The first kappa shape index (κ1) is 14.8. The highest BCUT2D eigenvalue weighted by atomic mass is 16.5. The number of ether oxygens (including phenoxy) is 2. The van der Waals surface area contributed by atoms with Crippen LogP contribution in [0.2, 0.25) is 0 Å². The molecule has 0 bridgehead atoms. The first-order chi connectivity index (χ1) is 10.1. The second kappa shape index (κ2) is 6.74. The number of hydrogen-bond donors (Lipinski definition) is 1. The molecule has 21 heavy (non-hydrogen) atoms. The number of aromatic nitrogens is 2. The highest BCUT2D eigenvalue weighted by Crippen LogP contribution is 2.28. The molecule has 1 N–H and O–H groups in total. The van der Waals surface area contributed by atoms with Crippen LogP contribution in [0.15, 0.2) is 22.6 Å². The molecular formula is C14H16N2O5. The Kier molecular flexibility index (Phi) is 4.76. The van der Waals surface area contributed by atoms with Crippen molar-refractivity contribution in [1.29, 1.82) is 0 Å². The Morgan fingerprint density at radius 2 is 1.90 bits per heavy atom. The van der Waals surface area contributed by atoms with Gasteiger partial charge in [-0.05, 0) is 17.7 Å². The predicted molar refractivity (Wildman–Crippen MR) is 72.6 cm³/mol. The van der Waals surface area contributed by atoms with E-state index in [0.717, 1.165) is 5.56 Å². The third kappa shape index (κ3) is 3.95. The fourth-order valence-electron chi connectivity index (χ4n) is 1.84. The van der Waals surface area contributed by atoms with E-state index in [1.54, 1.807) is 20.3 Å². The number of aryl methyl sites for hydroxylation is 1. The fraction of sp³-hybridized carbons (Fsp3) is 0.357. The van der Waals surface area contributed by atoms with E-state index in [2.05, 4.69) is 10.2 Å². The van der Waals surface area contributed by atoms with Gasteiger partial charge in [-0.25, -0.2) is 0 Å². The Morgan fingerprint density at radius 3 is 2.57 bits per heavy atom. The van der Waals surface area contributed by atoms with E-state index in [1.165, 1.54) is 0 Å². The van der Waals surface area contributed by atoms with Gasteiger partial charge in [0.25, 0.3) is 0 Å². The number of benzene rings is 1. The SMILES string of the molecule is COc1ccc(Cc2nnc(CCC(=O)O)o2)cc1OC. The molecule has 112 valence electrons. The zero-order valence-corrected chi connectivity index (χ0v) is 11.8. The lowest BCUT2D eigenvalue weighted by Crippen LogP contribution is -1.97. The molecule has 7 heteroatoms. The second-order valence-electron chi connectivity index (χ2n) is 4.35. The quantitative estimate of drug-likeness (QED) is 0.829. The molecule has 0 saturated heterocycles. The van der Waals surface area contributed by atoms with Gasteiger partial charge >= 0.3 is 5.97 Å². The number of carboxylic acids is 1. The van der Waals surface area contributed by atoms with E-state index in [0.29, 0.717) is 29.7 Å². The summed E-state index contributed by atoms with van der Waals surface area (Å²) in [5, 5.41) is 16.3. The van der Waals surface area contributed by atoms with Crippen LogP contribution in [0.5, 0.6) is 11.5 Å². The predicted octanol–water partition coefficient (Wildman–Crippen LogP) is 1.69. The van der Waals surface area contributed by atoms with E-state index in [4.69, 9.17) is 19.0 Å². The molecule has 0 amide bonds. The molecule has 0 atom stereocenters. The van der Waals surface area contributed by atoms with Gasteiger partial charge in [0, 0.05) is 6.42 Å². The first-order valence-corrected chi connectivity index (χ1v) is 6.36. The van der Waals surface area contributed by atoms with Crippen molar-refractivity contribution in [2.45, 2.75) is 19.3 Å². The Hall–Kier alpha value is -2.57. The van der Waals surface area contributed by atoms with Crippen molar-refractivity contribution < 1.29 is 23.8 Å². The summed E-state index contributed by atoms with van der Waals surface area (Å²) in [7, 11) is 3.14. The number of carboxylic acid groups (broad SMARTS) is 1. The number of hydrogen-bond acceptors (Lipinski definition) is 6. The van der Waals surface area contributed by atoms with Gasteiger partial charge in [-0.3, -0.25) is 4.79 Å². The molecule has 1 aromatic carbocycles. The van der Waals surface area contributed by atoms with E-state index < -0.39 is 5.97 Å². The zero-order chi connectivity index (χ0) is 15.2. The van der Waals surface area contributed by atoms with Gasteiger partial charge < -0.3 is 19.0 Å². The zero-order valence-electron chi connectivity index (χ0n) is 11.8. The van der Waals surface area contributed by atoms with Gasteiger partial charge in [0.05, 0.1) is 27.1 Å². The van der Waals surface area contributed by atoms with Crippen molar-refractivity contribution in [2.24, 2.45) is 0 Å². The summed E-state index contributed by atoms with van der Waals surface area (Å²) >= 11 is 0. The maximum atomic E-state index is 10.5. The molecule has 0 radical (unpaired) electrons. The lowest BCUT2D eigenvalue weighted by Gasteiger charge is -2.08. The van der Waals surface area contributed by atoms with E-state index in [1.807, 2.05) is 12.1 Å². The molecule has 0 aliphatic heterocycles. The smallest absolute Gasteiger partial charge is 0.303 e. The molecule has 0 fully saturated rings. The summed E-state index contributed by atoms with van der Waals surface area (Å²) in [6.45, 7) is 0. The molecule has 2 rings (SSSR count). The van der Waals surface area contributed by atoms with Gasteiger partial charge in [0.1, 0.15) is 0 Å². The summed E-state index contributed by atoms with van der Waals surface area (Å²) < 4.78 is 15.8. The van der Waals surface area contributed by atoms with Crippen molar-refractivity contribution in [3.05, 3.63) is 35.5 Å². The van der Waals surface area contributed by atoms with E-state index >= 15 is 0 Å². The van der Waals surface area contributed by atoms with Crippen molar-refractivity contribution in [1.82, 2.24) is 10.2 Å². The fourth-order valence-corrected chi connectivity index (χ4v) is 1.84. The van der Waals surface area contributed by atoms with Crippen LogP contribution in [0.25, 0.3) is 0 Å². The molecule has 0 unspecified atom stereocenters. The van der Waals surface area contributed by atoms with Gasteiger partial charge in [-0.15, -0.1) is 10.2 Å². The van der Waals surface area contributed by atoms with Gasteiger partial charge in [-0.1, -0.05) is 6.07 Å². The van der Waals surface area contributed by atoms with Crippen molar-refractivity contribution in [2.75, 3.05) is 14.2 Å². The van der Waals surface area contributed by atoms with Crippen LogP contribution in [0.1, 0.15) is 23.8 Å². The standard InChI is InChI=1S/C14H16N2O5/c1-19-10-4-3-9(7-11(10)20-2)8-13-16-15-12(21-13)5-6-14(17)18/h3-4,7H,5-6,8H2,1-2H3,(H,17,18). The van der Waals surface area contributed by atoms with Crippen molar-refractivity contribution >= 4 is 5.97 Å². The van der Waals surface area contributed by atoms with Gasteiger partial charge in [0.2, 0.25) is 11.8 Å². The Morgan fingerprint density at radius 1 is 1.19 bits per heavy atom. The molecule has 7 nitrogen and oxygen atoms in total. The van der Waals surface area contributed by atoms with Gasteiger partial charge in [-0.2, -0.15) is 0 Å². The van der Waals surface area contributed by atoms with Crippen LogP contribution in [0.3, 0.4) is 0 Å². The highest BCUT2D eigenvalue weighted by molar-refractivity contribution is 5.66. The average Bonchev–Trinajstić information content (AvgIpc) is 2.92. The normalized spacial score (nSPS) is 10.4. The van der Waals surface area contributed by atoms with Crippen LogP contribution < -0.4 is 9.47 Å². The van der Waals surface area contributed by atoms with Gasteiger partial charge in [0.15, 0.2) is 11.5 Å². The molecule has 0 aliphatic carbocycles. The lowest BCUT2D eigenvalue weighted by molar-refractivity contribution is -0.137. The molecule has 0 saturated carbocycles. The maximum Gasteiger partial charge on any atom is 0.303 e. The minimum absolute atomic E-state index is 0.0298. The highest BCUT2D eigenvalue weighted by Gasteiger charge is 2.11. The van der Waals surface area contributed by atoms with Crippen LogP contribution in [-0.4, -0.2) is 35.5 Å². The van der Waals surface area contributed by atoms with Crippen LogP contribution in [-0.2, 0) is 17.6 Å². The molecule has 2 aromatic rings. The summed E-state index contributed by atoms with van der Waals surface area (Å²) in [4.78, 5) is 10.5. The number of aliphatic carboxylic acids is 1. The summed E-state index contributed by atoms with van der Waals surface area (Å²) in [5.74, 6) is 1.14. The van der Waals surface area contributed by atoms with Crippen LogP contribution >= 0.6 is 0 Å². The number of methoxy groups -OCH3 is 2. The van der Waals surface area contributed by atoms with Crippen LogP contribution in [0, 0.1) is 0 Å². The number of rotatable bonds is 7. The maximum absolute atomic E-state index is 10.5. The average molecular weight is 292 g/mol. The third-order valence-electron chi connectivity index (χ3n) is 2.86. The molecule has 0 aliphatic rings. The Bertz CT molecular complexity index is 624. The largest absolute Gasteiger partial charge is 0.493 e. The number of carbonyl (C=O) groups is 1. The summed E-state index contributed by atoms with van der Waals surface area (Å²) in [6, 6.07) is 5.51. The number of nitrogens with zero attached hydrogens (tertiary/aromatic N) is 2. The topological polar surface area (TPSA) is 94.7 Å². The molecule has 0 spiro atoms. The third-order valence-corrected chi connectivity index (χ3v) is 2.86. The summed E-state index contributed by atoms with van der Waals surface area (Å²) in [5.41, 5.74) is 0.932. The second-order valence-corrected chi connectivity index (χ2v) is 4.35. The minimum atomic E-state index is -0.894. The van der Waals surface area contributed by atoms with E-state index in [-0.39, 0.29) is 12.8 Å². The first-order valence-electron chi connectivity index (χ1n) is 6.36. The molecular weight excluding hydrogens is 276 g/mol. The summed E-state index contributed by atoms with van der Waals surface area (Å²) in [6.07, 6.45) is 0.646. The van der Waals surface area contributed by atoms with Crippen molar-refractivity contribution in [3.63, 3.8) is 0 Å². The minimum Gasteiger partial charge on any atom is -0.493 e. The van der Waals surface area contributed by atoms with E-state index in [9.17, 15) is 4.79 Å². The van der Waals surface area contributed by atoms with Crippen LogP contribution in [0.4, 0.5) is 0 Å². The lowest BCUT2D eigenvalue weighted by atomic mass is 10.1. The monoisotopic (exact) mass is 292 g/mol. The Labute approximate surface area is 121 Å².